The third kappa shape index (κ3) is 6.58. The quantitative estimate of drug-likeness (QED) is 0.174. The number of rotatable bonds is 8. The summed E-state index contributed by atoms with van der Waals surface area (Å²) in [4.78, 5) is 20.4. The van der Waals surface area contributed by atoms with Crippen LogP contribution in [0.25, 0.3) is 12.2 Å². The molecule has 0 atom stereocenters. The molecule has 0 aliphatic rings. The van der Waals surface area contributed by atoms with Crippen molar-refractivity contribution in [3.63, 3.8) is 0 Å². The highest BCUT2D eigenvalue weighted by Crippen LogP contribution is 2.26. The van der Waals surface area contributed by atoms with E-state index in [4.69, 9.17) is 11.6 Å². The van der Waals surface area contributed by atoms with Gasteiger partial charge in [-0.2, -0.15) is 4.98 Å². The summed E-state index contributed by atoms with van der Waals surface area (Å²) in [5, 5.41) is 9.47. The van der Waals surface area contributed by atoms with Crippen molar-refractivity contribution in [2.45, 2.75) is 13.8 Å². The van der Waals surface area contributed by atoms with Crippen LogP contribution in [0, 0.1) is 13.8 Å². The van der Waals surface area contributed by atoms with E-state index in [0.29, 0.717) is 28.2 Å². The number of nitrogens with one attached hydrogen (secondary N) is 3. The minimum absolute atomic E-state index is 0.287. The van der Waals surface area contributed by atoms with Crippen LogP contribution in [0.3, 0.4) is 0 Å². The van der Waals surface area contributed by atoms with Crippen LogP contribution in [-0.2, 0) is 4.79 Å². The molecule has 1 amide bonds. The van der Waals surface area contributed by atoms with E-state index in [1.807, 2.05) is 36.4 Å². The van der Waals surface area contributed by atoms with Gasteiger partial charge in [0, 0.05) is 17.1 Å². The molecule has 6 nitrogen and oxygen atoms in total. The molecule has 36 heavy (non-hydrogen) atoms. The predicted molar refractivity (Wildman–Crippen MR) is 150 cm³/mol. The van der Waals surface area contributed by atoms with Crippen LogP contribution >= 0.6 is 11.6 Å². The number of benzene rings is 3. The second-order valence-electron chi connectivity index (χ2n) is 8.23. The molecule has 0 saturated heterocycles. The zero-order valence-corrected chi connectivity index (χ0v) is 20.8. The largest absolute Gasteiger partial charge is 0.339 e. The van der Waals surface area contributed by atoms with Crippen molar-refractivity contribution in [1.82, 2.24) is 9.97 Å². The SMILES string of the molecule is C=CC(=O)Nc1cccc(Nc2nc(Nc3ccc(/C=C/c4ccc(C)cc4C)cc3)ncc2Cl)c1. The maximum absolute atomic E-state index is 11.6. The lowest BCUT2D eigenvalue weighted by Gasteiger charge is -2.11. The van der Waals surface area contributed by atoms with Gasteiger partial charge in [-0.05, 0) is 66.9 Å². The van der Waals surface area contributed by atoms with Crippen molar-refractivity contribution >= 4 is 58.5 Å². The molecule has 7 heteroatoms. The Hall–Kier alpha value is -4.42. The minimum atomic E-state index is -0.287. The summed E-state index contributed by atoms with van der Waals surface area (Å²) < 4.78 is 0. The predicted octanol–water partition coefficient (Wildman–Crippen LogP) is 7.53. The first-order chi connectivity index (χ1) is 17.4. The molecule has 0 saturated carbocycles. The first-order valence-corrected chi connectivity index (χ1v) is 11.7. The molecule has 1 aromatic heterocycles. The molecule has 0 unspecified atom stereocenters. The second kappa shape index (κ2) is 11.3. The fraction of sp³-hybridized carbons (Fsp3) is 0.0690. The normalized spacial score (nSPS) is 10.8. The maximum Gasteiger partial charge on any atom is 0.247 e. The number of amides is 1. The van der Waals surface area contributed by atoms with Crippen LogP contribution in [0.2, 0.25) is 5.02 Å². The second-order valence-corrected chi connectivity index (χ2v) is 8.64. The van der Waals surface area contributed by atoms with Crippen LogP contribution in [0.5, 0.6) is 0 Å². The van der Waals surface area contributed by atoms with Gasteiger partial charge in [0.25, 0.3) is 0 Å². The average Bonchev–Trinajstić information content (AvgIpc) is 2.86. The summed E-state index contributed by atoms with van der Waals surface area (Å²) in [7, 11) is 0. The third-order valence-corrected chi connectivity index (χ3v) is 5.65. The van der Waals surface area contributed by atoms with Crippen molar-refractivity contribution in [2.75, 3.05) is 16.0 Å². The molecule has 0 aliphatic carbocycles. The van der Waals surface area contributed by atoms with Gasteiger partial charge in [0.05, 0.1) is 6.20 Å². The van der Waals surface area contributed by atoms with E-state index in [9.17, 15) is 4.79 Å². The first kappa shape index (κ1) is 24.7. The molecule has 3 aromatic carbocycles. The number of carbonyl (C=O) groups is 1. The number of aromatic nitrogens is 2. The highest BCUT2D eigenvalue weighted by Gasteiger charge is 2.08. The van der Waals surface area contributed by atoms with Gasteiger partial charge < -0.3 is 16.0 Å². The first-order valence-electron chi connectivity index (χ1n) is 11.3. The van der Waals surface area contributed by atoms with E-state index in [0.717, 1.165) is 11.3 Å². The topological polar surface area (TPSA) is 78.9 Å². The van der Waals surface area contributed by atoms with Gasteiger partial charge in [-0.3, -0.25) is 4.79 Å². The van der Waals surface area contributed by atoms with Crippen LogP contribution in [-0.4, -0.2) is 15.9 Å². The van der Waals surface area contributed by atoms with Gasteiger partial charge in [-0.25, -0.2) is 4.98 Å². The highest BCUT2D eigenvalue weighted by molar-refractivity contribution is 6.32. The Morgan fingerprint density at radius 1 is 0.917 bits per heavy atom. The summed E-state index contributed by atoms with van der Waals surface area (Å²) >= 11 is 6.32. The van der Waals surface area contributed by atoms with Gasteiger partial charge in [0.15, 0.2) is 5.82 Å². The van der Waals surface area contributed by atoms with E-state index in [1.165, 1.54) is 29.0 Å². The van der Waals surface area contributed by atoms with Gasteiger partial charge in [0.1, 0.15) is 5.02 Å². The maximum atomic E-state index is 11.6. The number of nitrogens with zero attached hydrogens (tertiary/aromatic N) is 2. The molecule has 3 N–H and O–H groups in total. The molecule has 0 radical (unpaired) electrons. The standard InChI is InChI=1S/C29H26ClN5O/c1-4-27(36)32-24-6-5-7-25(17-24)33-28-26(30)18-31-29(35-28)34-23-14-10-21(11-15-23)9-13-22-12-8-19(2)16-20(22)3/h4-18H,1H2,2-3H3,(H,32,36)(H2,31,33,34,35)/b13-9+. The molecule has 4 rings (SSSR count). The zero-order chi connectivity index (χ0) is 25.5. The van der Waals surface area contributed by atoms with E-state index in [2.05, 4.69) is 76.7 Å². The summed E-state index contributed by atoms with van der Waals surface area (Å²) in [6.45, 7) is 7.68. The molecule has 0 fully saturated rings. The summed E-state index contributed by atoms with van der Waals surface area (Å²) in [5.41, 5.74) is 6.98. The van der Waals surface area contributed by atoms with Crippen molar-refractivity contribution in [3.8, 4) is 0 Å². The number of hydrogen-bond donors (Lipinski definition) is 3. The smallest absolute Gasteiger partial charge is 0.247 e. The Kier molecular flexibility index (Phi) is 7.78. The molecule has 1 heterocycles. The summed E-state index contributed by atoms with van der Waals surface area (Å²) in [6, 6.07) is 21.6. The number of carbonyl (C=O) groups excluding carboxylic acids is 1. The summed E-state index contributed by atoms with van der Waals surface area (Å²) in [5.74, 6) is 0.552. The van der Waals surface area contributed by atoms with Crippen LogP contribution in [0.4, 0.5) is 28.8 Å². The molecular formula is C29H26ClN5O. The van der Waals surface area contributed by atoms with Crippen molar-refractivity contribution in [3.05, 3.63) is 113 Å². The Labute approximate surface area is 215 Å². The zero-order valence-electron chi connectivity index (χ0n) is 20.0. The van der Waals surface area contributed by atoms with Gasteiger partial charge in [0.2, 0.25) is 11.9 Å². The van der Waals surface area contributed by atoms with Crippen molar-refractivity contribution < 1.29 is 4.79 Å². The van der Waals surface area contributed by atoms with Crippen LogP contribution < -0.4 is 16.0 Å². The average molecular weight is 496 g/mol. The third-order valence-electron chi connectivity index (χ3n) is 5.37. The summed E-state index contributed by atoms with van der Waals surface area (Å²) in [6.07, 6.45) is 6.96. The number of aryl methyl sites for hydroxylation is 2. The Balaban J connectivity index is 1.44. The van der Waals surface area contributed by atoms with Crippen LogP contribution in [0.15, 0.2) is 85.6 Å². The molecule has 0 spiro atoms. The fourth-order valence-electron chi connectivity index (χ4n) is 3.53. The van der Waals surface area contributed by atoms with Crippen LogP contribution in [0.1, 0.15) is 22.3 Å². The highest BCUT2D eigenvalue weighted by atomic mass is 35.5. The molecule has 0 aliphatic heterocycles. The number of anilines is 5. The lowest BCUT2D eigenvalue weighted by Crippen LogP contribution is -2.07. The number of hydrogen-bond acceptors (Lipinski definition) is 5. The molecule has 180 valence electrons. The fourth-order valence-corrected chi connectivity index (χ4v) is 3.66. The lowest BCUT2D eigenvalue weighted by molar-refractivity contribution is -0.111. The Morgan fingerprint density at radius 2 is 1.69 bits per heavy atom. The molecule has 0 bridgehead atoms. The van der Waals surface area contributed by atoms with Crippen molar-refractivity contribution in [1.29, 1.82) is 0 Å². The molecular weight excluding hydrogens is 470 g/mol. The Morgan fingerprint density at radius 3 is 2.44 bits per heavy atom. The van der Waals surface area contributed by atoms with Crippen molar-refractivity contribution in [2.24, 2.45) is 0 Å². The van der Waals surface area contributed by atoms with Gasteiger partial charge in [-0.1, -0.05) is 72.3 Å². The Bertz CT molecular complexity index is 1430. The monoisotopic (exact) mass is 495 g/mol. The minimum Gasteiger partial charge on any atom is -0.339 e. The van der Waals surface area contributed by atoms with Gasteiger partial charge >= 0.3 is 0 Å². The lowest BCUT2D eigenvalue weighted by atomic mass is 10.0. The van der Waals surface area contributed by atoms with E-state index >= 15 is 0 Å². The van der Waals surface area contributed by atoms with E-state index in [-0.39, 0.29) is 5.91 Å². The van der Waals surface area contributed by atoms with Gasteiger partial charge in [-0.15, -0.1) is 0 Å². The molecule has 4 aromatic rings. The number of halogens is 1. The van der Waals surface area contributed by atoms with E-state index in [1.54, 1.807) is 12.1 Å². The van der Waals surface area contributed by atoms with E-state index < -0.39 is 0 Å².